The van der Waals surface area contributed by atoms with Crippen molar-refractivity contribution in [2.75, 3.05) is 0 Å². The van der Waals surface area contributed by atoms with Gasteiger partial charge < -0.3 is 10.2 Å². The van der Waals surface area contributed by atoms with Gasteiger partial charge in [0, 0.05) is 11.6 Å². The minimum atomic E-state index is -0.277. The molecule has 2 bridgehead atoms. The van der Waals surface area contributed by atoms with Crippen LogP contribution >= 0.6 is 0 Å². The SMILES string of the molecule is O=C1[C@@H]2[C@H](C(=O)N1/N=C\c1ccc(O)cc1O)[C@H]1C=C[C@@H]2C12CC2. The zero-order valence-corrected chi connectivity index (χ0v) is 12.8. The number of phenolic OH excluding ortho intramolecular Hbond substituents is 2. The lowest BCUT2D eigenvalue weighted by Gasteiger charge is -2.18. The van der Waals surface area contributed by atoms with E-state index in [2.05, 4.69) is 17.3 Å². The van der Waals surface area contributed by atoms with E-state index in [-0.39, 0.29) is 52.4 Å². The summed E-state index contributed by atoms with van der Waals surface area (Å²) in [5.41, 5.74) is 0.510. The second-order valence-corrected chi connectivity index (χ2v) is 7.20. The number of hydrogen-bond acceptors (Lipinski definition) is 5. The molecule has 122 valence electrons. The molecule has 6 nitrogen and oxygen atoms in total. The normalized spacial score (nSPS) is 34.8. The molecular formula is C18H16N2O4. The summed E-state index contributed by atoms with van der Waals surface area (Å²) >= 11 is 0. The standard InChI is InChI=1S/C18H16N2O4/c21-10-2-1-9(13(22)7-10)8-19-20-16(23)14-11-3-4-12(15(14)17(20)24)18(11)5-6-18/h1-4,7-8,11-12,14-15,21-22H,5-6H2/b19-8-/t11-,12+,14-,15+. The van der Waals surface area contributed by atoms with Gasteiger partial charge in [-0.2, -0.15) is 10.1 Å². The maximum atomic E-state index is 12.7. The van der Waals surface area contributed by atoms with E-state index in [4.69, 9.17) is 0 Å². The second kappa shape index (κ2) is 4.26. The van der Waals surface area contributed by atoms with Crippen LogP contribution < -0.4 is 0 Å². The van der Waals surface area contributed by atoms with Crippen LogP contribution in [0.15, 0.2) is 35.5 Å². The average Bonchev–Trinajstić information content (AvgIpc) is 3.15. The number of carbonyl (C=O) groups excluding carboxylic acids is 2. The molecular weight excluding hydrogens is 308 g/mol. The quantitative estimate of drug-likeness (QED) is 0.491. The van der Waals surface area contributed by atoms with Crippen LogP contribution in [0.3, 0.4) is 0 Å². The Morgan fingerprint density at radius 2 is 1.71 bits per heavy atom. The Labute approximate surface area is 138 Å². The van der Waals surface area contributed by atoms with Gasteiger partial charge >= 0.3 is 0 Å². The number of hydrazone groups is 1. The Bertz CT molecular complexity index is 805. The first-order chi connectivity index (χ1) is 11.5. The molecule has 6 heteroatoms. The van der Waals surface area contributed by atoms with Crippen LogP contribution in [0.2, 0.25) is 0 Å². The molecule has 1 spiro atoms. The van der Waals surface area contributed by atoms with Crippen LogP contribution in [-0.2, 0) is 9.59 Å². The van der Waals surface area contributed by atoms with Gasteiger partial charge in [0.2, 0.25) is 0 Å². The molecule has 2 amide bonds. The van der Waals surface area contributed by atoms with Crippen LogP contribution in [0.25, 0.3) is 0 Å². The molecule has 1 aromatic rings. The smallest absolute Gasteiger partial charge is 0.254 e. The molecule has 4 aliphatic rings. The molecule has 3 aliphatic carbocycles. The maximum Gasteiger partial charge on any atom is 0.254 e. The second-order valence-electron chi connectivity index (χ2n) is 7.20. The van der Waals surface area contributed by atoms with E-state index < -0.39 is 0 Å². The van der Waals surface area contributed by atoms with E-state index in [0.29, 0.717) is 5.56 Å². The van der Waals surface area contributed by atoms with E-state index in [1.54, 1.807) is 0 Å². The van der Waals surface area contributed by atoms with Crippen LogP contribution in [-0.4, -0.2) is 33.3 Å². The number of imide groups is 1. The van der Waals surface area contributed by atoms with Crippen LogP contribution in [0, 0.1) is 29.1 Å². The third-order valence-corrected chi connectivity index (χ3v) is 6.16. The zero-order chi connectivity index (χ0) is 16.6. The molecule has 0 aromatic heterocycles. The highest BCUT2D eigenvalue weighted by atomic mass is 16.3. The topological polar surface area (TPSA) is 90.2 Å². The largest absolute Gasteiger partial charge is 0.508 e. The number of carbonyl (C=O) groups is 2. The summed E-state index contributed by atoms with van der Waals surface area (Å²) in [6.07, 6.45) is 7.72. The number of allylic oxidation sites excluding steroid dienone is 2. The highest BCUT2D eigenvalue weighted by Crippen LogP contribution is 2.73. The van der Waals surface area contributed by atoms with Crippen molar-refractivity contribution in [3.8, 4) is 11.5 Å². The lowest BCUT2D eigenvalue weighted by Crippen LogP contribution is -2.30. The summed E-state index contributed by atoms with van der Waals surface area (Å²) in [5.74, 6) is -0.898. The molecule has 24 heavy (non-hydrogen) atoms. The molecule has 1 aliphatic heterocycles. The van der Waals surface area contributed by atoms with E-state index in [1.165, 1.54) is 24.4 Å². The Kier molecular flexibility index (Phi) is 2.44. The zero-order valence-electron chi connectivity index (χ0n) is 12.8. The minimum absolute atomic E-state index is 0.0649. The Balaban J connectivity index is 1.44. The van der Waals surface area contributed by atoms with E-state index in [0.717, 1.165) is 17.9 Å². The van der Waals surface area contributed by atoms with E-state index in [9.17, 15) is 19.8 Å². The summed E-state index contributed by atoms with van der Waals surface area (Å²) in [5, 5.41) is 24.1. The number of nitrogens with zero attached hydrogens (tertiary/aromatic N) is 2. The fourth-order valence-corrected chi connectivity index (χ4v) is 4.94. The van der Waals surface area contributed by atoms with Crippen LogP contribution in [0.4, 0.5) is 0 Å². The van der Waals surface area contributed by atoms with Crippen molar-refractivity contribution < 1.29 is 19.8 Å². The number of rotatable bonds is 2. The van der Waals surface area contributed by atoms with Gasteiger partial charge in [0.15, 0.2) is 0 Å². The molecule has 1 saturated heterocycles. The van der Waals surface area contributed by atoms with Crippen LogP contribution in [0.5, 0.6) is 11.5 Å². The average molecular weight is 324 g/mol. The fourth-order valence-electron chi connectivity index (χ4n) is 4.94. The molecule has 0 radical (unpaired) electrons. The molecule has 3 fully saturated rings. The van der Waals surface area contributed by atoms with Crippen molar-refractivity contribution in [2.24, 2.45) is 34.2 Å². The summed E-state index contributed by atoms with van der Waals surface area (Å²) < 4.78 is 0. The van der Waals surface area contributed by atoms with Crippen molar-refractivity contribution in [1.29, 1.82) is 0 Å². The lowest BCUT2D eigenvalue weighted by atomic mass is 9.85. The summed E-state index contributed by atoms with van der Waals surface area (Å²) in [7, 11) is 0. The molecule has 5 rings (SSSR count). The van der Waals surface area contributed by atoms with Gasteiger partial charge in [0.25, 0.3) is 11.8 Å². The van der Waals surface area contributed by atoms with E-state index in [1.807, 2.05) is 0 Å². The minimum Gasteiger partial charge on any atom is -0.508 e. The first-order valence-corrected chi connectivity index (χ1v) is 8.15. The van der Waals surface area contributed by atoms with E-state index >= 15 is 0 Å². The Morgan fingerprint density at radius 1 is 1.08 bits per heavy atom. The lowest BCUT2D eigenvalue weighted by molar-refractivity contribution is -0.141. The summed E-state index contributed by atoms with van der Waals surface area (Å²) in [6.45, 7) is 0. The Hall–Kier alpha value is -2.63. The Morgan fingerprint density at radius 3 is 2.25 bits per heavy atom. The molecule has 2 saturated carbocycles. The number of fused-ring (bicyclic) bond motifs is 3. The number of benzene rings is 1. The summed E-state index contributed by atoms with van der Waals surface area (Å²) in [4.78, 5) is 25.4. The summed E-state index contributed by atoms with van der Waals surface area (Å²) in [6, 6.07) is 4.07. The highest BCUT2D eigenvalue weighted by Gasteiger charge is 2.73. The van der Waals surface area contributed by atoms with Crippen molar-refractivity contribution in [2.45, 2.75) is 12.8 Å². The fraction of sp³-hybridized carbons (Fsp3) is 0.389. The number of amides is 2. The van der Waals surface area contributed by atoms with Gasteiger partial charge in [-0.05, 0) is 42.2 Å². The predicted molar refractivity (Wildman–Crippen MR) is 84.0 cm³/mol. The van der Waals surface area contributed by atoms with Crippen molar-refractivity contribution >= 4 is 18.0 Å². The maximum absolute atomic E-state index is 12.7. The van der Waals surface area contributed by atoms with Gasteiger partial charge in [-0.3, -0.25) is 9.59 Å². The monoisotopic (exact) mass is 324 g/mol. The van der Waals surface area contributed by atoms with Gasteiger partial charge in [-0.15, -0.1) is 0 Å². The number of phenols is 2. The van der Waals surface area contributed by atoms with Gasteiger partial charge in [-0.25, -0.2) is 0 Å². The number of aromatic hydroxyl groups is 2. The third kappa shape index (κ3) is 1.53. The predicted octanol–water partition coefficient (Wildman–Crippen LogP) is 1.63. The van der Waals surface area contributed by atoms with Gasteiger partial charge in [0.1, 0.15) is 11.5 Å². The van der Waals surface area contributed by atoms with Crippen LogP contribution in [0.1, 0.15) is 18.4 Å². The molecule has 1 heterocycles. The first kappa shape index (κ1) is 13.8. The van der Waals surface area contributed by atoms with Gasteiger partial charge in [-0.1, -0.05) is 12.2 Å². The molecule has 0 unspecified atom stereocenters. The van der Waals surface area contributed by atoms with Crippen molar-refractivity contribution in [1.82, 2.24) is 5.01 Å². The highest BCUT2D eigenvalue weighted by molar-refractivity contribution is 6.07. The first-order valence-electron chi connectivity index (χ1n) is 8.15. The number of hydrogen-bond donors (Lipinski definition) is 2. The van der Waals surface area contributed by atoms with Gasteiger partial charge in [0.05, 0.1) is 18.1 Å². The third-order valence-electron chi connectivity index (χ3n) is 6.16. The molecule has 4 atom stereocenters. The molecule has 1 aromatic carbocycles. The molecule has 2 N–H and O–H groups in total. The van der Waals surface area contributed by atoms with Crippen molar-refractivity contribution in [3.05, 3.63) is 35.9 Å². The van der Waals surface area contributed by atoms with Crippen molar-refractivity contribution in [3.63, 3.8) is 0 Å².